The van der Waals surface area contributed by atoms with Gasteiger partial charge in [-0.1, -0.05) is 193 Å². The standard InChI is InChI=1S/C14H23NO.C11H17N.C10H13BrO.6C2H6/c1-3-10-15(11-7-12-16)14-9-6-5-8-13(14)4-2;1-3-9-12-11-8-6-5-7-10(11)4-2;11-7-4-8-12-9-10-5-2-1-3-6-10;6*1-2/h5-6,8-9,16H,3-4,7,10-12H2,1-2H3;5-8,12H,3-4,9H2,1-2H3;1-3,5-6H,4,7-9H2;6*1-2H3. The van der Waals surface area contributed by atoms with Gasteiger partial charge in [0.2, 0.25) is 0 Å². The van der Waals surface area contributed by atoms with E-state index in [1.54, 1.807) is 0 Å². The van der Waals surface area contributed by atoms with Crippen LogP contribution in [0, 0.1) is 0 Å². The lowest BCUT2D eigenvalue weighted by molar-refractivity contribution is 0.122. The molecule has 0 amide bonds. The highest BCUT2D eigenvalue weighted by atomic mass is 79.9. The number of halogens is 1. The van der Waals surface area contributed by atoms with Crippen molar-refractivity contribution in [1.29, 1.82) is 0 Å². The van der Waals surface area contributed by atoms with Crippen molar-refractivity contribution in [3.8, 4) is 0 Å². The topological polar surface area (TPSA) is 44.7 Å². The molecule has 4 nitrogen and oxygen atoms in total. The number of nitrogens with zero attached hydrogens (tertiary/aromatic N) is 1. The molecule has 0 bridgehead atoms. The molecule has 306 valence electrons. The molecule has 0 aliphatic carbocycles. The summed E-state index contributed by atoms with van der Waals surface area (Å²) in [6.07, 6.45) is 6.41. The third-order valence-corrected chi connectivity index (χ3v) is 6.85. The number of aliphatic hydroxyl groups excluding tert-OH is 1. The number of benzene rings is 3. The SMILES string of the molecule is BrCCCOCc1ccccc1.CC.CC.CC.CC.CC.CC.CCCN(CCCO)c1ccccc1CC.CCCNc1ccccc1CC. The van der Waals surface area contributed by atoms with Crippen LogP contribution in [0.5, 0.6) is 0 Å². The van der Waals surface area contributed by atoms with E-state index in [0.29, 0.717) is 0 Å². The fourth-order valence-corrected chi connectivity index (χ4v) is 4.41. The lowest BCUT2D eigenvalue weighted by atomic mass is 10.1. The Morgan fingerprint density at radius 3 is 1.58 bits per heavy atom. The van der Waals surface area contributed by atoms with Gasteiger partial charge in [0.15, 0.2) is 0 Å². The summed E-state index contributed by atoms with van der Waals surface area (Å²) in [6, 6.07) is 27.3. The Labute approximate surface area is 335 Å². The second-order valence-corrected chi connectivity index (χ2v) is 10.4. The summed E-state index contributed by atoms with van der Waals surface area (Å²) in [5, 5.41) is 13.4. The average Bonchev–Trinajstić information content (AvgIpc) is 3.25. The van der Waals surface area contributed by atoms with Gasteiger partial charge < -0.3 is 20.1 Å². The average molecular weight is 794 g/mol. The fourth-order valence-electron chi connectivity index (χ4n) is 4.18. The second-order valence-electron chi connectivity index (χ2n) is 9.56. The highest BCUT2D eigenvalue weighted by Crippen LogP contribution is 2.21. The van der Waals surface area contributed by atoms with Crippen molar-refractivity contribution < 1.29 is 9.84 Å². The van der Waals surface area contributed by atoms with Crippen LogP contribution < -0.4 is 10.2 Å². The van der Waals surface area contributed by atoms with Crippen LogP contribution in [0.4, 0.5) is 11.4 Å². The van der Waals surface area contributed by atoms with Crippen molar-refractivity contribution in [1.82, 2.24) is 0 Å². The Kier molecular flexibility index (Phi) is 68.8. The number of rotatable bonds is 16. The summed E-state index contributed by atoms with van der Waals surface area (Å²) >= 11 is 3.36. The molecule has 0 atom stereocenters. The van der Waals surface area contributed by atoms with Crippen molar-refractivity contribution in [2.75, 3.05) is 48.4 Å². The van der Waals surface area contributed by atoms with E-state index in [1.165, 1.54) is 34.5 Å². The Bertz CT molecular complexity index is 986. The number of hydrogen-bond acceptors (Lipinski definition) is 4. The highest BCUT2D eigenvalue weighted by molar-refractivity contribution is 9.09. The molecule has 0 saturated carbocycles. The van der Waals surface area contributed by atoms with Crippen molar-refractivity contribution in [3.63, 3.8) is 0 Å². The molecule has 0 radical (unpaired) electrons. The van der Waals surface area contributed by atoms with Crippen LogP contribution in [0.1, 0.15) is 153 Å². The van der Waals surface area contributed by atoms with Crippen LogP contribution in [0.3, 0.4) is 0 Å². The van der Waals surface area contributed by atoms with Crippen molar-refractivity contribution >= 4 is 27.3 Å². The molecule has 52 heavy (non-hydrogen) atoms. The van der Waals surface area contributed by atoms with Gasteiger partial charge in [0.25, 0.3) is 0 Å². The predicted octanol–water partition coefficient (Wildman–Crippen LogP) is 15.1. The number of anilines is 2. The van der Waals surface area contributed by atoms with Crippen LogP contribution in [-0.2, 0) is 24.2 Å². The van der Waals surface area contributed by atoms with Crippen LogP contribution >= 0.6 is 15.9 Å². The van der Waals surface area contributed by atoms with Gasteiger partial charge in [0.05, 0.1) is 6.61 Å². The Hall–Kier alpha value is -2.34. The minimum Gasteiger partial charge on any atom is -0.396 e. The van der Waals surface area contributed by atoms with E-state index < -0.39 is 0 Å². The number of aryl methyl sites for hydroxylation is 2. The van der Waals surface area contributed by atoms with Gasteiger partial charge in [-0.05, 0) is 67.3 Å². The molecular formula is C47H89BrN2O2. The van der Waals surface area contributed by atoms with E-state index in [9.17, 15) is 0 Å². The van der Waals surface area contributed by atoms with Crippen molar-refractivity contribution in [2.24, 2.45) is 0 Å². The normalized spacial score (nSPS) is 8.50. The summed E-state index contributed by atoms with van der Waals surface area (Å²) in [6.45, 7) is 37.7. The smallest absolute Gasteiger partial charge is 0.0716 e. The highest BCUT2D eigenvalue weighted by Gasteiger charge is 2.08. The Morgan fingerprint density at radius 2 is 1.10 bits per heavy atom. The van der Waals surface area contributed by atoms with E-state index in [1.807, 2.05) is 101 Å². The molecule has 5 heteroatoms. The monoisotopic (exact) mass is 793 g/mol. The van der Waals surface area contributed by atoms with Crippen molar-refractivity contribution in [2.45, 2.75) is 156 Å². The van der Waals surface area contributed by atoms with Crippen LogP contribution in [-0.4, -0.2) is 43.3 Å². The summed E-state index contributed by atoms with van der Waals surface area (Å²) in [5.74, 6) is 0. The molecule has 3 rings (SSSR count). The van der Waals surface area contributed by atoms with Gasteiger partial charge >= 0.3 is 0 Å². The lowest BCUT2D eigenvalue weighted by Crippen LogP contribution is -2.26. The van der Waals surface area contributed by atoms with E-state index in [0.717, 1.165) is 70.3 Å². The van der Waals surface area contributed by atoms with Gasteiger partial charge in [0, 0.05) is 49.6 Å². The summed E-state index contributed by atoms with van der Waals surface area (Å²) < 4.78 is 5.43. The molecule has 0 aromatic heterocycles. The molecular weight excluding hydrogens is 704 g/mol. The van der Waals surface area contributed by atoms with Crippen LogP contribution in [0.25, 0.3) is 0 Å². The van der Waals surface area contributed by atoms with E-state index in [-0.39, 0.29) is 6.61 Å². The van der Waals surface area contributed by atoms with E-state index in [4.69, 9.17) is 9.84 Å². The molecule has 0 heterocycles. The van der Waals surface area contributed by atoms with E-state index >= 15 is 0 Å². The first-order valence-corrected chi connectivity index (χ1v) is 22.2. The predicted molar refractivity (Wildman–Crippen MR) is 247 cm³/mol. The lowest BCUT2D eigenvalue weighted by Gasteiger charge is -2.26. The number of para-hydroxylation sites is 2. The van der Waals surface area contributed by atoms with Gasteiger partial charge in [-0.3, -0.25) is 0 Å². The first kappa shape index (κ1) is 61.7. The number of ether oxygens (including phenoxy) is 1. The number of alkyl halides is 1. The molecule has 0 spiro atoms. The van der Waals surface area contributed by atoms with E-state index in [2.05, 4.69) is 115 Å². The maximum absolute atomic E-state index is 8.93. The number of aliphatic hydroxyl groups is 1. The van der Waals surface area contributed by atoms with Gasteiger partial charge in [-0.2, -0.15) is 0 Å². The Balaban J connectivity index is -0.000000134. The molecule has 3 aromatic rings. The van der Waals surface area contributed by atoms with Crippen molar-refractivity contribution in [3.05, 3.63) is 95.6 Å². The first-order valence-electron chi connectivity index (χ1n) is 21.1. The molecule has 0 aliphatic rings. The molecule has 3 aromatic carbocycles. The maximum Gasteiger partial charge on any atom is 0.0716 e. The van der Waals surface area contributed by atoms with Crippen LogP contribution in [0.2, 0.25) is 0 Å². The molecule has 0 aliphatic heterocycles. The third-order valence-electron chi connectivity index (χ3n) is 6.29. The minimum atomic E-state index is 0.272. The maximum atomic E-state index is 8.93. The molecule has 0 saturated heterocycles. The summed E-state index contributed by atoms with van der Waals surface area (Å²) in [7, 11) is 0. The largest absolute Gasteiger partial charge is 0.396 e. The van der Waals surface area contributed by atoms with Crippen LogP contribution in [0.15, 0.2) is 78.9 Å². The molecule has 2 N–H and O–H groups in total. The number of hydrogen-bond donors (Lipinski definition) is 2. The van der Waals surface area contributed by atoms with Gasteiger partial charge in [0.1, 0.15) is 0 Å². The van der Waals surface area contributed by atoms with Gasteiger partial charge in [-0.25, -0.2) is 0 Å². The summed E-state index contributed by atoms with van der Waals surface area (Å²) in [4.78, 5) is 2.38. The molecule has 0 fully saturated rings. The number of nitrogens with one attached hydrogen (secondary N) is 1. The third kappa shape index (κ3) is 37.4. The fraction of sp³-hybridized carbons (Fsp3) is 0.617. The zero-order chi connectivity index (χ0) is 41.3. The summed E-state index contributed by atoms with van der Waals surface area (Å²) in [5.41, 5.74) is 6.68. The minimum absolute atomic E-state index is 0.272. The zero-order valence-electron chi connectivity index (χ0n) is 37.4. The first-order chi connectivity index (χ1) is 25.6. The molecule has 0 unspecified atom stereocenters. The Morgan fingerprint density at radius 1 is 0.596 bits per heavy atom. The van der Waals surface area contributed by atoms with Gasteiger partial charge in [-0.15, -0.1) is 0 Å². The second kappa shape index (κ2) is 58.0. The quantitative estimate of drug-likeness (QED) is 0.112. The zero-order valence-corrected chi connectivity index (χ0v) is 39.0.